The van der Waals surface area contributed by atoms with Gasteiger partial charge in [0.05, 0.1) is 11.0 Å². The summed E-state index contributed by atoms with van der Waals surface area (Å²) in [5.74, 6) is -0.455. The second-order valence-electron chi connectivity index (χ2n) is 5.22. The highest BCUT2D eigenvalue weighted by Gasteiger charge is 2.13. The van der Waals surface area contributed by atoms with E-state index >= 15 is 0 Å². The zero-order valence-electron chi connectivity index (χ0n) is 14.4. The second kappa shape index (κ2) is 10.7. The van der Waals surface area contributed by atoms with Crippen LogP contribution in [0.1, 0.15) is 30.6 Å². The molecule has 0 fully saturated rings. The monoisotopic (exact) mass is 339 g/mol. The lowest BCUT2D eigenvalue weighted by molar-refractivity contribution is -0.384. The van der Waals surface area contributed by atoms with Crippen molar-refractivity contribution in [3.63, 3.8) is 0 Å². The molecule has 1 aromatic carbocycles. The molecule has 1 atom stereocenters. The molecule has 0 bridgehead atoms. The SMILES string of the molecule is CCN(CC)CCC(CONC(=O)c1ccc([N+](=O)[O-])cc1)OC. The lowest BCUT2D eigenvalue weighted by Gasteiger charge is -2.21. The predicted molar refractivity (Wildman–Crippen MR) is 89.7 cm³/mol. The van der Waals surface area contributed by atoms with Crippen LogP contribution in [-0.2, 0) is 9.57 Å². The molecule has 0 saturated heterocycles. The summed E-state index contributed by atoms with van der Waals surface area (Å²) in [4.78, 5) is 29.4. The number of benzene rings is 1. The van der Waals surface area contributed by atoms with E-state index in [4.69, 9.17) is 9.57 Å². The number of amides is 1. The maximum absolute atomic E-state index is 11.9. The molecule has 0 radical (unpaired) electrons. The van der Waals surface area contributed by atoms with Crippen molar-refractivity contribution in [3.8, 4) is 0 Å². The topological polar surface area (TPSA) is 93.9 Å². The highest BCUT2D eigenvalue weighted by molar-refractivity contribution is 5.93. The Bertz CT molecular complexity index is 517. The number of hydrogen-bond donors (Lipinski definition) is 1. The van der Waals surface area contributed by atoms with Crippen molar-refractivity contribution in [2.24, 2.45) is 0 Å². The van der Waals surface area contributed by atoms with Gasteiger partial charge in [0.15, 0.2) is 0 Å². The summed E-state index contributed by atoms with van der Waals surface area (Å²) in [5, 5.41) is 10.6. The highest BCUT2D eigenvalue weighted by atomic mass is 16.7. The Hall–Kier alpha value is -2.03. The number of methoxy groups -OCH3 is 1. The fraction of sp³-hybridized carbons (Fsp3) is 0.562. The van der Waals surface area contributed by atoms with Crippen molar-refractivity contribution in [1.82, 2.24) is 10.4 Å². The van der Waals surface area contributed by atoms with Crippen molar-refractivity contribution >= 4 is 11.6 Å². The minimum atomic E-state index is -0.517. The Balaban J connectivity index is 2.38. The van der Waals surface area contributed by atoms with Crippen LogP contribution in [0.2, 0.25) is 0 Å². The lowest BCUT2D eigenvalue weighted by Crippen LogP contribution is -2.32. The quantitative estimate of drug-likeness (QED) is 0.489. The number of non-ortho nitro benzene ring substituents is 1. The van der Waals surface area contributed by atoms with Gasteiger partial charge in [-0.15, -0.1) is 0 Å². The molecule has 0 aromatic heterocycles. The van der Waals surface area contributed by atoms with Gasteiger partial charge < -0.3 is 9.64 Å². The number of nitrogens with one attached hydrogen (secondary N) is 1. The first-order valence-electron chi connectivity index (χ1n) is 7.93. The van der Waals surface area contributed by atoms with Crippen LogP contribution < -0.4 is 5.48 Å². The number of hydrogen-bond acceptors (Lipinski definition) is 6. The van der Waals surface area contributed by atoms with E-state index in [1.807, 2.05) is 0 Å². The van der Waals surface area contributed by atoms with E-state index in [2.05, 4.69) is 24.2 Å². The molecule has 24 heavy (non-hydrogen) atoms. The molecule has 8 nitrogen and oxygen atoms in total. The third-order valence-electron chi connectivity index (χ3n) is 3.77. The Labute approximate surface area is 141 Å². The van der Waals surface area contributed by atoms with E-state index in [1.165, 1.54) is 24.3 Å². The molecule has 1 N–H and O–H groups in total. The van der Waals surface area contributed by atoms with Crippen LogP contribution in [0, 0.1) is 10.1 Å². The fourth-order valence-corrected chi connectivity index (χ4v) is 2.13. The van der Waals surface area contributed by atoms with E-state index in [-0.39, 0.29) is 24.0 Å². The zero-order chi connectivity index (χ0) is 17.9. The normalized spacial score (nSPS) is 12.2. The van der Waals surface area contributed by atoms with Crippen LogP contribution >= 0.6 is 0 Å². The highest BCUT2D eigenvalue weighted by Crippen LogP contribution is 2.11. The number of nitro benzene ring substituents is 1. The van der Waals surface area contributed by atoms with Crippen molar-refractivity contribution in [1.29, 1.82) is 0 Å². The molecule has 0 saturated carbocycles. The molecule has 0 heterocycles. The van der Waals surface area contributed by atoms with Crippen LogP contribution in [0.15, 0.2) is 24.3 Å². The average molecular weight is 339 g/mol. The number of ether oxygens (including phenoxy) is 1. The molecule has 0 spiro atoms. The maximum Gasteiger partial charge on any atom is 0.274 e. The molecule has 1 rings (SSSR count). The van der Waals surface area contributed by atoms with Gasteiger partial charge in [-0.3, -0.25) is 19.7 Å². The summed E-state index contributed by atoms with van der Waals surface area (Å²) < 4.78 is 5.34. The number of carbonyl (C=O) groups excluding carboxylic acids is 1. The number of rotatable bonds is 11. The summed E-state index contributed by atoms with van der Waals surface area (Å²) in [5.41, 5.74) is 2.55. The van der Waals surface area contributed by atoms with E-state index < -0.39 is 10.8 Å². The number of hydroxylamine groups is 1. The number of nitro groups is 1. The smallest absolute Gasteiger partial charge is 0.274 e. The molecule has 0 aliphatic heterocycles. The number of nitrogens with zero attached hydrogens (tertiary/aromatic N) is 2. The van der Waals surface area contributed by atoms with Crippen molar-refractivity contribution in [2.45, 2.75) is 26.4 Å². The van der Waals surface area contributed by atoms with Crippen molar-refractivity contribution < 1.29 is 19.3 Å². The van der Waals surface area contributed by atoms with E-state index in [0.717, 1.165) is 26.1 Å². The molecular weight excluding hydrogens is 314 g/mol. The summed E-state index contributed by atoms with van der Waals surface area (Å²) in [6, 6.07) is 5.31. The van der Waals surface area contributed by atoms with Gasteiger partial charge in [0.25, 0.3) is 11.6 Å². The second-order valence-corrected chi connectivity index (χ2v) is 5.22. The lowest BCUT2D eigenvalue weighted by atomic mass is 10.2. The van der Waals surface area contributed by atoms with Gasteiger partial charge in [-0.2, -0.15) is 0 Å². The predicted octanol–water partition coefficient (Wildman–Crippen LogP) is 2.00. The maximum atomic E-state index is 11.9. The van der Waals surface area contributed by atoms with Gasteiger partial charge in [-0.05, 0) is 31.6 Å². The molecule has 8 heteroatoms. The molecule has 134 valence electrons. The largest absolute Gasteiger partial charge is 0.379 e. The first-order valence-corrected chi connectivity index (χ1v) is 7.93. The first-order chi connectivity index (χ1) is 11.5. The van der Waals surface area contributed by atoms with Gasteiger partial charge >= 0.3 is 0 Å². The third kappa shape index (κ3) is 6.61. The molecule has 1 amide bonds. The summed E-state index contributed by atoms with van der Waals surface area (Å²) in [6.45, 7) is 7.29. The van der Waals surface area contributed by atoms with Gasteiger partial charge in [-0.1, -0.05) is 13.8 Å². The Morgan fingerprint density at radius 3 is 2.42 bits per heavy atom. The van der Waals surface area contributed by atoms with Crippen LogP contribution in [0.25, 0.3) is 0 Å². The molecule has 0 aliphatic carbocycles. The Morgan fingerprint density at radius 2 is 1.92 bits per heavy atom. The average Bonchev–Trinajstić information content (AvgIpc) is 2.60. The van der Waals surface area contributed by atoms with Crippen LogP contribution in [0.4, 0.5) is 5.69 Å². The fourth-order valence-electron chi connectivity index (χ4n) is 2.13. The zero-order valence-corrected chi connectivity index (χ0v) is 14.4. The van der Waals surface area contributed by atoms with Gasteiger partial charge in [0.1, 0.15) is 6.61 Å². The molecular formula is C16H25N3O5. The minimum Gasteiger partial charge on any atom is -0.379 e. The first kappa shape index (κ1) is 20.0. The number of carbonyl (C=O) groups is 1. The van der Waals surface area contributed by atoms with Crippen molar-refractivity contribution in [3.05, 3.63) is 39.9 Å². The standard InChI is InChI=1S/C16H25N3O5/c1-4-18(5-2)11-10-15(23-3)12-24-17-16(20)13-6-8-14(9-7-13)19(21)22/h6-9,15H,4-5,10-12H2,1-3H3,(H,17,20). The molecule has 1 aromatic rings. The van der Waals surface area contributed by atoms with E-state index in [0.29, 0.717) is 0 Å². The van der Waals surface area contributed by atoms with Crippen LogP contribution in [0.3, 0.4) is 0 Å². The summed E-state index contributed by atoms with van der Waals surface area (Å²) >= 11 is 0. The van der Waals surface area contributed by atoms with Gasteiger partial charge in [0.2, 0.25) is 0 Å². The third-order valence-corrected chi connectivity index (χ3v) is 3.77. The summed E-state index contributed by atoms with van der Waals surface area (Å²) in [7, 11) is 1.61. The summed E-state index contributed by atoms with van der Waals surface area (Å²) in [6.07, 6.45) is 0.675. The minimum absolute atomic E-state index is 0.0664. The molecule has 1 unspecified atom stereocenters. The van der Waals surface area contributed by atoms with E-state index in [1.54, 1.807) is 7.11 Å². The Morgan fingerprint density at radius 1 is 1.29 bits per heavy atom. The van der Waals surface area contributed by atoms with Crippen molar-refractivity contribution in [2.75, 3.05) is 33.4 Å². The van der Waals surface area contributed by atoms with Crippen LogP contribution in [0.5, 0.6) is 0 Å². The Kier molecular flexibility index (Phi) is 8.92. The van der Waals surface area contributed by atoms with Gasteiger partial charge in [-0.25, -0.2) is 5.48 Å². The van der Waals surface area contributed by atoms with Gasteiger partial charge in [0, 0.05) is 31.4 Å². The molecule has 0 aliphatic rings. The van der Waals surface area contributed by atoms with Crippen LogP contribution in [-0.4, -0.2) is 55.2 Å². The van der Waals surface area contributed by atoms with E-state index in [9.17, 15) is 14.9 Å².